The first-order chi connectivity index (χ1) is 18.1. The lowest BCUT2D eigenvalue weighted by atomic mass is 10.2. The first-order valence-electron chi connectivity index (χ1n) is 10.9. The van der Waals surface area contributed by atoms with Crippen molar-refractivity contribution in [1.29, 1.82) is 0 Å². The summed E-state index contributed by atoms with van der Waals surface area (Å²) in [7, 11) is -10.4. The summed E-state index contributed by atoms with van der Waals surface area (Å²) in [6.45, 7) is -1.44. The molecule has 0 amide bonds. The van der Waals surface area contributed by atoms with Crippen LogP contribution < -0.4 is 0 Å². The van der Waals surface area contributed by atoms with Crippen molar-refractivity contribution in [3.8, 4) is 0 Å². The van der Waals surface area contributed by atoms with Crippen LogP contribution in [0.1, 0.15) is 16.7 Å². The topological polar surface area (TPSA) is 105 Å². The standard InChI is InChI=1S/C24H21F3O8P2S/c25-24(26,27)38(30,31)35-23(37-29,34-18-21-14-8-3-9-15-21)22(36-28,32-16-19-10-4-1-5-11-19)33-17-20-12-6-2-7-13-20/h1-15H,16-18H2/p+2. The van der Waals surface area contributed by atoms with Crippen LogP contribution in [0.15, 0.2) is 91.0 Å². The number of benzene rings is 3. The number of hydrogen-bond donors (Lipinski definition) is 0. The van der Waals surface area contributed by atoms with Crippen molar-refractivity contribution in [2.75, 3.05) is 0 Å². The molecule has 0 saturated carbocycles. The van der Waals surface area contributed by atoms with Crippen LogP contribution in [0.4, 0.5) is 13.2 Å². The molecule has 8 nitrogen and oxygen atoms in total. The summed E-state index contributed by atoms with van der Waals surface area (Å²) in [6.07, 6.45) is 0. The zero-order valence-corrected chi connectivity index (χ0v) is 22.4. The van der Waals surface area contributed by atoms with Crippen LogP contribution in [0.3, 0.4) is 0 Å². The van der Waals surface area contributed by atoms with Gasteiger partial charge in [0.1, 0.15) is 0 Å². The summed E-state index contributed by atoms with van der Waals surface area (Å²) in [5.74, 6) is 0. The molecule has 202 valence electrons. The van der Waals surface area contributed by atoms with Gasteiger partial charge in [0.25, 0.3) is 0 Å². The Morgan fingerprint density at radius 1 is 0.579 bits per heavy atom. The number of halogens is 3. The molecular weight excluding hydrogens is 567 g/mol. The summed E-state index contributed by atoms with van der Waals surface area (Å²) in [6, 6.07) is 24.2. The van der Waals surface area contributed by atoms with Gasteiger partial charge >= 0.3 is 43.6 Å². The summed E-state index contributed by atoms with van der Waals surface area (Å²) in [5, 5.41) is 0. The SMILES string of the molecule is O=[PH+]C(OCc1ccccc1)(OCc1ccccc1)C(OCc1ccccc1)(OS(=O)(=O)C(F)(F)F)[PH+]=O. The van der Waals surface area contributed by atoms with Crippen LogP contribution >= 0.6 is 16.9 Å². The van der Waals surface area contributed by atoms with E-state index in [0.717, 1.165) is 0 Å². The van der Waals surface area contributed by atoms with Gasteiger partial charge in [-0.15, -0.1) is 0 Å². The predicted molar refractivity (Wildman–Crippen MR) is 133 cm³/mol. The highest BCUT2D eigenvalue weighted by molar-refractivity contribution is 7.87. The fraction of sp³-hybridized carbons (Fsp3) is 0.250. The molecule has 0 aliphatic heterocycles. The molecule has 0 heterocycles. The van der Waals surface area contributed by atoms with E-state index in [9.17, 15) is 30.7 Å². The number of ether oxygens (including phenoxy) is 3. The summed E-state index contributed by atoms with van der Waals surface area (Å²) in [5.41, 5.74) is -10.8. The second-order valence-corrected chi connectivity index (χ2v) is 11.0. The lowest BCUT2D eigenvalue weighted by Gasteiger charge is -2.30. The van der Waals surface area contributed by atoms with E-state index < -0.39 is 63.4 Å². The number of alkyl halides is 3. The summed E-state index contributed by atoms with van der Waals surface area (Å²) >= 11 is 0. The van der Waals surface area contributed by atoms with Gasteiger partial charge in [0.15, 0.2) is 0 Å². The average Bonchev–Trinajstić information content (AvgIpc) is 2.92. The highest BCUT2D eigenvalue weighted by Crippen LogP contribution is 2.51. The minimum absolute atomic E-state index is 0.359. The largest absolute Gasteiger partial charge is 0.523 e. The van der Waals surface area contributed by atoms with E-state index in [2.05, 4.69) is 4.18 Å². The summed E-state index contributed by atoms with van der Waals surface area (Å²) in [4.78, 5) is 0. The first kappa shape index (κ1) is 30.0. The molecule has 0 radical (unpaired) electrons. The monoisotopic (exact) mass is 590 g/mol. The Morgan fingerprint density at radius 3 is 1.18 bits per heavy atom. The van der Waals surface area contributed by atoms with Crippen molar-refractivity contribution in [3.63, 3.8) is 0 Å². The zero-order valence-electron chi connectivity index (χ0n) is 19.6. The Morgan fingerprint density at radius 2 is 0.895 bits per heavy atom. The maximum Gasteiger partial charge on any atom is 0.523 e. The first-order valence-corrected chi connectivity index (χ1v) is 14.1. The van der Waals surface area contributed by atoms with Gasteiger partial charge in [-0.1, -0.05) is 100 Å². The number of rotatable bonds is 14. The Hall–Kier alpha value is -2.56. The molecule has 0 aliphatic rings. The lowest BCUT2D eigenvalue weighted by molar-refractivity contribution is -0.318. The van der Waals surface area contributed by atoms with Gasteiger partial charge in [0.2, 0.25) is 0 Å². The molecule has 38 heavy (non-hydrogen) atoms. The smallest absolute Gasteiger partial charge is 0.297 e. The van der Waals surface area contributed by atoms with E-state index in [-0.39, 0.29) is 0 Å². The van der Waals surface area contributed by atoms with E-state index in [4.69, 9.17) is 14.2 Å². The fourth-order valence-corrected chi connectivity index (χ4v) is 5.46. The lowest BCUT2D eigenvalue weighted by Crippen LogP contribution is -2.55. The third-order valence-corrected chi connectivity index (χ3v) is 8.22. The Balaban J connectivity index is 2.11. The third-order valence-electron chi connectivity index (χ3n) is 5.07. The second kappa shape index (κ2) is 13.0. The molecule has 0 spiro atoms. The second-order valence-electron chi connectivity index (χ2n) is 7.74. The third kappa shape index (κ3) is 7.30. The average molecular weight is 590 g/mol. The fourth-order valence-electron chi connectivity index (χ4n) is 3.12. The highest BCUT2D eigenvalue weighted by atomic mass is 32.2. The maximum atomic E-state index is 13.4. The van der Waals surface area contributed by atoms with Crippen LogP contribution in [0.25, 0.3) is 0 Å². The number of hydrogen-bond acceptors (Lipinski definition) is 8. The predicted octanol–water partition coefficient (Wildman–Crippen LogP) is 5.86. The van der Waals surface area contributed by atoms with Crippen LogP contribution in [-0.2, 0) is 57.5 Å². The van der Waals surface area contributed by atoms with E-state index in [1.54, 1.807) is 78.9 Å². The molecule has 3 aromatic rings. The minimum Gasteiger partial charge on any atom is -0.297 e. The minimum atomic E-state index is -6.44. The molecule has 14 heteroatoms. The maximum absolute atomic E-state index is 13.4. The van der Waals surface area contributed by atoms with Crippen molar-refractivity contribution in [2.24, 2.45) is 0 Å². The van der Waals surface area contributed by atoms with Gasteiger partial charge in [-0.3, -0.25) is 14.2 Å². The molecule has 0 saturated heterocycles. The van der Waals surface area contributed by atoms with E-state index in [0.29, 0.717) is 16.7 Å². The Bertz CT molecular complexity index is 1250. The molecule has 3 aromatic carbocycles. The Kier molecular flexibility index (Phi) is 10.3. The van der Waals surface area contributed by atoms with Gasteiger partial charge in [-0.2, -0.15) is 25.8 Å². The molecule has 0 aliphatic carbocycles. The molecular formula is C24H23F3O8P2S+2. The van der Waals surface area contributed by atoms with Crippen molar-refractivity contribution in [3.05, 3.63) is 108 Å². The molecule has 0 N–H and O–H groups in total. The van der Waals surface area contributed by atoms with Crippen molar-refractivity contribution in [1.82, 2.24) is 0 Å². The van der Waals surface area contributed by atoms with E-state index in [1.807, 2.05) is 0 Å². The van der Waals surface area contributed by atoms with Crippen LogP contribution in [0, 0.1) is 0 Å². The van der Waals surface area contributed by atoms with Gasteiger partial charge < -0.3 is 0 Å². The van der Waals surface area contributed by atoms with Crippen LogP contribution in [0.2, 0.25) is 0 Å². The normalized spacial score (nSPS) is 14.4. The quantitative estimate of drug-likeness (QED) is 0.0996. The van der Waals surface area contributed by atoms with E-state index in [1.165, 1.54) is 12.1 Å². The zero-order chi connectivity index (χ0) is 27.7. The van der Waals surface area contributed by atoms with Gasteiger partial charge in [0, 0.05) is 0 Å². The van der Waals surface area contributed by atoms with Crippen LogP contribution in [-0.4, -0.2) is 25.0 Å². The molecule has 0 aromatic heterocycles. The molecule has 3 rings (SSSR count). The van der Waals surface area contributed by atoms with Crippen molar-refractivity contribution < 1.29 is 49.1 Å². The summed E-state index contributed by atoms with van der Waals surface area (Å²) < 4.78 is 111. The van der Waals surface area contributed by atoms with Crippen molar-refractivity contribution in [2.45, 2.75) is 36.4 Å². The van der Waals surface area contributed by atoms with E-state index >= 15 is 0 Å². The molecule has 3 unspecified atom stereocenters. The highest BCUT2D eigenvalue weighted by Gasteiger charge is 2.77. The molecule has 0 bridgehead atoms. The van der Waals surface area contributed by atoms with Crippen molar-refractivity contribution >= 4 is 27.0 Å². The van der Waals surface area contributed by atoms with Crippen LogP contribution in [0.5, 0.6) is 0 Å². The molecule has 3 atom stereocenters. The van der Waals surface area contributed by atoms with Gasteiger partial charge in [0.05, 0.1) is 19.8 Å². The van der Waals surface area contributed by atoms with Gasteiger partial charge in [-0.05, 0) is 16.7 Å². The van der Waals surface area contributed by atoms with Gasteiger partial charge in [-0.25, -0.2) is 0 Å². The Labute approximate surface area is 220 Å². The molecule has 0 fully saturated rings.